The average molecular weight is 346 g/mol. The zero-order valence-electron chi connectivity index (χ0n) is 12.0. The Morgan fingerprint density at radius 3 is 2.43 bits per heavy atom. The molecule has 0 saturated carbocycles. The molecule has 0 fully saturated rings. The van der Waals surface area contributed by atoms with Crippen molar-refractivity contribution in [1.82, 2.24) is 9.78 Å². The number of nitrogens with zero attached hydrogens (tertiary/aromatic N) is 2. The van der Waals surface area contributed by atoms with Crippen LogP contribution in [0.1, 0.15) is 15.9 Å². The zero-order chi connectivity index (χ0) is 16.2. The van der Waals surface area contributed by atoms with E-state index in [2.05, 4.69) is 10.4 Å². The molecule has 3 aromatic rings. The molecule has 0 atom stereocenters. The zero-order valence-corrected chi connectivity index (χ0v) is 13.6. The third-order valence-electron chi connectivity index (χ3n) is 3.25. The molecule has 0 aliphatic rings. The molecule has 1 N–H and O–H groups in total. The monoisotopic (exact) mass is 345 g/mol. The van der Waals surface area contributed by atoms with Crippen LogP contribution in [0.3, 0.4) is 0 Å². The highest BCUT2D eigenvalue weighted by molar-refractivity contribution is 6.35. The summed E-state index contributed by atoms with van der Waals surface area (Å²) in [6, 6.07) is 16.7. The van der Waals surface area contributed by atoms with Crippen LogP contribution >= 0.6 is 23.2 Å². The Morgan fingerprint density at radius 2 is 1.70 bits per heavy atom. The first-order valence-electron chi connectivity index (χ1n) is 6.96. The van der Waals surface area contributed by atoms with Crippen molar-refractivity contribution in [3.05, 3.63) is 82.0 Å². The van der Waals surface area contributed by atoms with Gasteiger partial charge in [0.1, 0.15) is 5.02 Å². The second kappa shape index (κ2) is 6.86. The maximum atomic E-state index is 12.3. The average Bonchev–Trinajstić information content (AvgIpc) is 2.88. The molecule has 0 aliphatic heterocycles. The van der Waals surface area contributed by atoms with Crippen LogP contribution in [0.25, 0.3) is 0 Å². The van der Waals surface area contributed by atoms with Crippen LogP contribution in [0.2, 0.25) is 10.0 Å². The Morgan fingerprint density at radius 1 is 1.00 bits per heavy atom. The molecule has 0 spiro atoms. The molecule has 0 saturated heterocycles. The number of halogens is 2. The van der Waals surface area contributed by atoms with Gasteiger partial charge in [-0.2, -0.15) is 5.10 Å². The fourth-order valence-corrected chi connectivity index (χ4v) is 2.57. The largest absolute Gasteiger partial charge is 0.304 e. The molecule has 4 nitrogen and oxygen atoms in total. The van der Waals surface area contributed by atoms with Crippen molar-refractivity contribution in [3.63, 3.8) is 0 Å². The number of hydrogen-bond donors (Lipinski definition) is 1. The summed E-state index contributed by atoms with van der Waals surface area (Å²) >= 11 is 12.2. The number of carbonyl (C=O) groups is 1. The van der Waals surface area contributed by atoms with Gasteiger partial charge in [-0.25, -0.2) is 0 Å². The van der Waals surface area contributed by atoms with E-state index in [9.17, 15) is 4.79 Å². The van der Waals surface area contributed by atoms with Crippen LogP contribution in [0.5, 0.6) is 0 Å². The predicted molar refractivity (Wildman–Crippen MR) is 92.2 cm³/mol. The normalized spacial score (nSPS) is 10.5. The van der Waals surface area contributed by atoms with Crippen LogP contribution in [0.4, 0.5) is 5.82 Å². The fourth-order valence-electron chi connectivity index (χ4n) is 2.15. The second-order valence-corrected chi connectivity index (χ2v) is 5.76. The van der Waals surface area contributed by atoms with E-state index in [0.29, 0.717) is 28.0 Å². The van der Waals surface area contributed by atoms with Gasteiger partial charge in [-0.1, -0.05) is 65.7 Å². The molecular formula is C17H13Cl2N3O. The van der Waals surface area contributed by atoms with Crippen molar-refractivity contribution in [3.8, 4) is 0 Å². The molecule has 0 unspecified atom stereocenters. The van der Waals surface area contributed by atoms with Crippen LogP contribution < -0.4 is 5.32 Å². The maximum Gasteiger partial charge on any atom is 0.258 e. The van der Waals surface area contributed by atoms with Crippen molar-refractivity contribution in [2.75, 3.05) is 5.32 Å². The number of rotatable bonds is 4. The van der Waals surface area contributed by atoms with E-state index in [1.54, 1.807) is 35.1 Å². The van der Waals surface area contributed by atoms with E-state index in [0.717, 1.165) is 5.56 Å². The number of amides is 1. The molecule has 23 heavy (non-hydrogen) atoms. The van der Waals surface area contributed by atoms with Crippen LogP contribution in [-0.4, -0.2) is 15.7 Å². The van der Waals surface area contributed by atoms with Gasteiger partial charge in [0.2, 0.25) is 0 Å². The molecular weight excluding hydrogens is 333 g/mol. The number of aromatic nitrogens is 2. The van der Waals surface area contributed by atoms with Gasteiger partial charge in [-0.3, -0.25) is 9.48 Å². The summed E-state index contributed by atoms with van der Waals surface area (Å²) < 4.78 is 1.68. The highest BCUT2D eigenvalue weighted by atomic mass is 35.5. The lowest BCUT2D eigenvalue weighted by Crippen LogP contribution is -2.13. The molecule has 3 rings (SSSR count). The highest BCUT2D eigenvalue weighted by Crippen LogP contribution is 2.22. The number of carbonyl (C=O) groups excluding carboxylic acids is 1. The minimum absolute atomic E-state index is 0.313. The van der Waals surface area contributed by atoms with Gasteiger partial charge in [0.15, 0.2) is 5.82 Å². The topological polar surface area (TPSA) is 46.9 Å². The number of anilines is 1. The van der Waals surface area contributed by atoms with Gasteiger partial charge in [0, 0.05) is 6.20 Å². The number of benzene rings is 2. The van der Waals surface area contributed by atoms with Gasteiger partial charge < -0.3 is 5.32 Å². The molecule has 1 aromatic heterocycles. The van der Waals surface area contributed by atoms with E-state index < -0.39 is 0 Å². The number of hydrogen-bond acceptors (Lipinski definition) is 2. The second-order valence-electron chi connectivity index (χ2n) is 4.94. The van der Waals surface area contributed by atoms with Crippen LogP contribution in [0, 0.1) is 0 Å². The Labute approximate surface area is 143 Å². The van der Waals surface area contributed by atoms with Gasteiger partial charge in [-0.15, -0.1) is 0 Å². The molecule has 6 heteroatoms. The fraction of sp³-hybridized carbons (Fsp3) is 0.0588. The standard InChI is InChI=1S/C17H13Cl2N3O/c18-14-9-5-4-8-13(14)17(23)20-16-15(19)11-22(21-16)10-12-6-2-1-3-7-12/h1-9,11H,10H2,(H,20,21,23). The summed E-state index contributed by atoms with van der Waals surface area (Å²) in [5.41, 5.74) is 1.47. The lowest BCUT2D eigenvalue weighted by molar-refractivity contribution is 0.102. The quantitative estimate of drug-likeness (QED) is 0.757. The Balaban J connectivity index is 1.76. The first kappa shape index (κ1) is 15.6. The van der Waals surface area contributed by atoms with E-state index in [1.807, 2.05) is 30.3 Å². The summed E-state index contributed by atoms with van der Waals surface area (Å²) in [4.78, 5) is 12.3. The first-order valence-corrected chi connectivity index (χ1v) is 7.72. The summed E-state index contributed by atoms with van der Waals surface area (Å²) in [6.07, 6.45) is 1.68. The summed E-state index contributed by atoms with van der Waals surface area (Å²) in [5.74, 6) is -0.0324. The Hall–Kier alpha value is -2.30. The lowest BCUT2D eigenvalue weighted by Gasteiger charge is -2.04. The summed E-state index contributed by atoms with van der Waals surface area (Å²) in [5, 5.41) is 7.75. The third-order valence-corrected chi connectivity index (χ3v) is 3.86. The van der Waals surface area contributed by atoms with E-state index in [4.69, 9.17) is 23.2 Å². The van der Waals surface area contributed by atoms with Crippen LogP contribution in [-0.2, 0) is 6.54 Å². The van der Waals surface area contributed by atoms with Crippen molar-refractivity contribution < 1.29 is 4.79 Å². The van der Waals surface area contributed by atoms with Crippen molar-refractivity contribution in [2.45, 2.75) is 6.54 Å². The van der Waals surface area contributed by atoms with Gasteiger partial charge in [0.05, 0.1) is 17.1 Å². The first-order chi connectivity index (χ1) is 11.1. The smallest absolute Gasteiger partial charge is 0.258 e. The SMILES string of the molecule is O=C(Nc1nn(Cc2ccccc2)cc1Cl)c1ccccc1Cl. The van der Waals surface area contributed by atoms with E-state index in [-0.39, 0.29) is 5.91 Å². The molecule has 2 aromatic carbocycles. The third kappa shape index (κ3) is 3.73. The lowest BCUT2D eigenvalue weighted by atomic mass is 10.2. The Bertz CT molecular complexity index is 831. The molecule has 116 valence electrons. The molecule has 0 aliphatic carbocycles. The van der Waals surface area contributed by atoms with Crippen molar-refractivity contribution >= 4 is 34.9 Å². The minimum atomic E-state index is -0.345. The van der Waals surface area contributed by atoms with Gasteiger partial charge in [0.25, 0.3) is 5.91 Å². The maximum absolute atomic E-state index is 12.3. The van der Waals surface area contributed by atoms with Crippen LogP contribution in [0.15, 0.2) is 60.8 Å². The van der Waals surface area contributed by atoms with Crippen molar-refractivity contribution in [2.24, 2.45) is 0 Å². The number of nitrogens with one attached hydrogen (secondary N) is 1. The predicted octanol–water partition coefficient (Wildman–Crippen LogP) is 4.49. The summed E-state index contributed by atoms with van der Waals surface area (Å²) in [7, 11) is 0. The minimum Gasteiger partial charge on any atom is -0.304 e. The molecule has 0 bridgehead atoms. The van der Waals surface area contributed by atoms with E-state index in [1.165, 1.54) is 0 Å². The molecule has 0 radical (unpaired) electrons. The summed E-state index contributed by atoms with van der Waals surface area (Å²) in [6.45, 7) is 0.572. The molecule has 1 heterocycles. The van der Waals surface area contributed by atoms with E-state index >= 15 is 0 Å². The van der Waals surface area contributed by atoms with Gasteiger partial charge in [-0.05, 0) is 17.7 Å². The highest BCUT2D eigenvalue weighted by Gasteiger charge is 2.14. The Kier molecular flexibility index (Phi) is 4.65. The van der Waals surface area contributed by atoms with Gasteiger partial charge >= 0.3 is 0 Å². The molecule has 1 amide bonds. The van der Waals surface area contributed by atoms with Crippen molar-refractivity contribution in [1.29, 1.82) is 0 Å².